The summed E-state index contributed by atoms with van der Waals surface area (Å²) in [6.07, 6.45) is 3.22. The minimum absolute atomic E-state index is 0.530. The van der Waals surface area contributed by atoms with Crippen LogP contribution in [-0.4, -0.2) is 32.5 Å². The van der Waals surface area contributed by atoms with Crippen LogP contribution in [0.5, 0.6) is 0 Å². The molecule has 0 aliphatic rings. The molecular weight excluding hydrogens is 390 g/mol. The lowest BCUT2D eigenvalue weighted by atomic mass is 10.1. The molecule has 30 heavy (non-hydrogen) atoms. The molecule has 0 amide bonds. The Bertz CT molecular complexity index is 1120. The number of hydrogen-bond acceptors (Lipinski definition) is 5. The second kappa shape index (κ2) is 9.14. The van der Waals surface area contributed by atoms with Gasteiger partial charge in [0.25, 0.3) is 0 Å². The van der Waals surface area contributed by atoms with Crippen LogP contribution in [0.4, 0.5) is 5.82 Å². The number of hydrogen-bond donors (Lipinski definition) is 1. The van der Waals surface area contributed by atoms with E-state index < -0.39 is 0 Å². The molecule has 0 bridgehead atoms. The number of benzene rings is 1. The largest absolute Gasteiger partial charge is 0.382 e. The number of nitrogens with two attached hydrogens (primary N) is 1. The molecule has 5 nitrogen and oxygen atoms in total. The van der Waals surface area contributed by atoms with Crippen LogP contribution in [0.2, 0.25) is 0 Å². The maximum atomic E-state index is 6.29. The molecule has 4 aromatic rings. The molecule has 4 rings (SSSR count). The number of nitrogen functional groups attached to an aromatic ring is 1. The Balaban J connectivity index is 1.72. The topological polar surface area (TPSA) is 60.0 Å². The number of unbranched alkanes of at least 4 members (excludes halogenated alkanes) is 1. The third-order valence-corrected chi connectivity index (χ3v) is 6.72. The first-order chi connectivity index (χ1) is 14.6. The summed E-state index contributed by atoms with van der Waals surface area (Å²) in [7, 11) is 0. The minimum Gasteiger partial charge on any atom is -0.382 e. The van der Waals surface area contributed by atoms with Gasteiger partial charge in [-0.05, 0) is 42.1 Å². The minimum atomic E-state index is 0.530. The Hall–Kier alpha value is -2.44. The van der Waals surface area contributed by atoms with E-state index >= 15 is 0 Å². The van der Waals surface area contributed by atoms with E-state index in [-0.39, 0.29) is 0 Å². The van der Waals surface area contributed by atoms with Crippen LogP contribution in [0, 0.1) is 0 Å². The van der Waals surface area contributed by atoms with Gasteiger partial charge in [0.1, 0.15) is 11.3 Å². The van der Waals surface area contributed by atoms with Crippen molar-refractivity contribution in [2.75, 3.05) is 18.8 Å². The molecule has 3 aromatic heterocycles. The summed E-state index contributed by atoms with van der Waals surface area (Å²) in [4.78, 5) is 11.9. The highest BCUT2D eigenvalue weighted by molar-refractivity contribution is 7.18. The van der Waals surface area contributed by atoms with Gasteiger partial charge in [-0.15, -0.1) is 11.3 Å². The van der Waals surface area contributed by atoms with Crippen molar-refractivity contribution in [3.8, 4) is 0 Å². The molecule has 0 aliphatic heterocycles. The first-order valence-electron chi connectivity index (χ1n) is 11.0. The molecule has 0 saturated carbocycles. The normalized spacial score (nSPS) is 11.9. The number of thiophene rings is 1. The smallest absolute Gasteiger partial charge is 0.152 e. The van der Waals surface area contributed by atoms with E-state index in [0.717, 1.165) is 67.8 Å². The lowest BCUT2D eigenvalue weighted by molar-refractivity contribution is 0.296. The van der Waals surface area contributed by atoms with Gasteiger partial charge in [0.15, 0.2) is 5.82 Å². The first kappa shape index (κ1) is 20.8. The quantitative estimate of drug-likeness (QED) is 0.390. The molecule has 1 aromatic carbocycles. The van der Waals surface area contributed by atoms with Crippen molar-refractivity contribution in [3.05, 3.63) is 52.7 Å². The van der Waals surface area contributed by atoms with Gasteiger partial charge in [0.2, 0.25) is 0 Å². The van der Waals surface area contributed by atoms with Crippen LogP contribution >= 0.6 is 11.3 Å². The first-order valence-corrected chi connectivity index (χ1v) is 11.8. The number of aryl methyl sites for hydroxylation is 1. The van der Waals surface area contributed by atoms with Gasteiger partial charge < -0.3 is 10.3 Å². The van der Waals surface area contributed by atoms with Crippen LogP contribution in [-0.2, 0) is 19.5 Å². The molecule has 0 atom stereocenters. The molecule has 3 heterocycles. The predicted octanol–water partition coefficient (Wildman–Crippen LogP) is 5.46. The summed E-state index contributed by atoms with van der Waals surface area (Å²) < 4.78 is 3.54. The molecule has 0 radical (unpaired) electrons. The molecule has 0 aliphatic carbocycles. The molecule has 0 saturated heterocycles. The standard InChI is InChI=1S/C24H31N5S/c1-4-7-8-20-27-21-22(23-19(13-14-30-23)26-24(21)25)29(20)16-18-11-9-17(10-12-18)15-28(5-2)6-3/h9-14H,4-8,15-16H2,1-3H3,(H2,25,26). The van der Waals surface area contributed by atoms with Gasteiger partial charge in [0, 0.05) is 19.5 Å². The van der Waals surface area contributed by atoms with E-state index in [4.69, 9.17) is 10.7 Å². The highest BCUT2D eigenvalue weighted by Crippen LogP contribution is 2.33. The third kappa shape index (κ3) is 4.07. The molecule has 0 spiro atoms. The maximum Gasteiger partial charge on any atom is 0.152 e. The van der Waals surface area contributed by atoms with Crippen molar-refractivity contribution in [1.82, 2.24) is 19.4 Å². The molecule has 2 N–H and O–H groups in total. The van der Waals surface area contributed by atoms with Crippen molar-refractivity contribution in [3.63, 3.8) is 0 Å². The number of anilines is 1. The van der Waals surface area contributed by atoms with Gasteiger partial charge in [-0.1, -0.05) is 51.5 Å². The number of pyridine rings is 1. The van der Waals surface area contributed by atoms with Crippen LogP contribution in [0.3, 0.4) is 0 Å². The summed E-state index contributed by atoms with van der Waals surface area (Å²) in [6, 6.07) is 11.1. The third-order valence-electron chi connectivity index (χ3n) is 5.81. The fourth-order valence-electron chi connectivity index (χ4n) is 3.99. The fourth-order valence-corrected chi connectivity index (χ4v) is 4.88. The van der Waals surface area contributed by atoms with Crippen molar-refractivity contribution >= 4 is 38.4 Å². The van der Waals surface area contributed by atoms with E-state index in [9.17, 15) is 0 Å². The maximum absolute atomic E-state index is 6.29. The number of nitrogens with zero attached hydrogens (tertiary/aromatic N) is 4. The van der Waals surface area contributed by atoms with Crippen molar-refractivity contribution in [2.45, 2.75) is 53.1 Å². The number of imidazole rings is 1. The van der Waals surface area contributed by atoms with E-state index in [1.807, 2.05) is 6.07 Å². The number of rotatable bonds is 9. The molecule has 0 unspecified atom stereocenters. The molecular formula is C24H31N5S. The van der Waals surface area contributed by atoms with Gasteiger partial charge >= 0.3 is 0 Å². The Labute approximate surface area is 182 Å². The molecule has 6 heteroatoms. The summed E-state index contributed by atoms with van der Waals surface area (Å²) in [5.74, 6) is 1.63. The Morgan fingerprint density at radius 3 is 2.43 bits per heavy atom. The zero-order valence-electron chi connectivity index (χ0n) is 18.2. The van der Waals surface area contributed by atoms with Crippen LogP contribution < -0.4 is 5.73 Å². The SMILES string of the molecule is CCCCc1nc2c(N)nc3ccsc3c2n1Cc1ccc(CN(CC)CC)cc1. The van der Waals surface area contributed by atoms with Crippen molar-refractivity contribution in [1.29, 1.82) is 0 Å². The highest BCUT2D eigenvalue weighted by atomic mass is 32.1. The monoisotopic (exact) mass is 421 g/mol. The zero-order valence-corrected chi connectivity index (χ0v) is 19.0. The lowest BCUT2D eigenvalue weighted by Crippen LogP contribution is -2.22. The summed E-state index contributed by atoms with van der Waals surface area (Å²) in [5, 5.41) is 2.08. The average molecular weight is 422 g/mol. The Kier molecular flexibility index (Phi) is 6.35. The number of fused-ring (bicyclic) bond motifs is 3. The van der Waals surface area contributed by atoms with Crippen LogP contribution in [0.25, 0.3) is 21.3 Å². The Morgan fingerprint density at radius 2 is 1.73 bits per heavy atom. The van der Waals surface area contributed by atoms with E-state index in [1.165, 1.54) is 15.8 Å². The summed E-state index contributed by atoms with van der Waals surface area (Å²) >= 11 is 1.72. The summed E-state index contributed by atoms with van der Waals surface area (Å²) in [6.45, 7) is 10.6. The van der Waals surface area contributed by atoms with Crippen LogP contribution in [0.1, 0.15) is 50.6 Å². The lowest BCUT2D eigenvalue weighted by Gasteiger charge is -2.18. The van der Waals surface area contributed by atoms with Gasteiger partial charge in [-0.25, -0.2) is 9.97 Å². The van der Waals surface area contributed by atoms with Gasteiger partial charge in [-0.3, -0.25) is 4.90 Å². The van der Waals surface area contributed by atoms with E-state index in [1.54, 1.807) is 11.3 Å². The van der Waals surface area contributed by atoms with Crippen molar-refractivity contribution < 1.29 is 0 Å². The second-order valence-corrected chi connectivity index (χ2v) is 8.74. The zero-order chi connectivity index (χ0) is 21.1. The predicted molar refractivity (Wildman–Crippen MR) is 128 cm³/mol. The van der Waals surface area contributed by atoms with Crippen molar-refractivity contribution in [2.24, 2.45) is 0 Å². The Morgan fingerprint density at radius 1 is 1.00 bits per heavy atom. The summed E-state index contributed by atoms with van der Waals surface area (Å²) in [5.41, 5.74) is 11.9. The van der Waals surface area contributed by atoms with Crippen LogP contribution in [0.15, 0.2) is 35.7 Å². The van der Waals surface area contributed by atoms with Gasteiger partial charge in [-0.2, -0.15) is 0 Å². The van der Waals surface area contributed by atoms with Gasteiger partial charge in [0.05, 0.1) is 15.7 Å². The van der Waals surface area contributed by atoms with E-state index in [2.05, 4.69) is 64.9 Å². The fraction of sp³-hybridized carbons (Fsp3) is 0.417. The average Bonchev–Trinajstić information content (AvgIpc) is 3.36. The second-order valence-electron chi connectivity index (χ2n) is 7.82. The number of aromatic nitrogens is 3. The van der Waals surface area contributed by atoms with E-state index in [0.29, 0.717) is 5.82 Å². The molecule has 158 valence electrons. The molecule has 0 fully saturated rings. The highest BCUT2D eigenvalue weighted by Gasteiger charge is 2.18.